The molecule has 1 atom stereocenters. The van der Waals surface area contributed by atoms with Crippen LogP contribution in [-0.4, -0.2) is 35.7 Å². The van der Waals surface area contributed by atoms with Gasteiger partial charge in [-0.1, -0.05) is 42.5 Å². The molecule has 1 unspecified atom stereocenters. The number of hydrazone groups is 1. The third-order valence-corrected chi connectivity index (χ3v) is 5.93. The van der Waals surface area contributed by atoms with E-state index in [0.717, 1.165) is 15.5 Å². The fourth-order valence-corrected chi connectivity index (χ4v) is 4.31. The van der Waals surface area contributed by atoms with E-state index in [1.54, 1.807) is 19.1 Å². The maximum atomic E-state index is 13.0. The molecule has 2 N–H and O–H groups in total. The number of hydrogen-bond donors (Lipinski definition) is 2. The molecular formula is C18H19N3O4S. The molecule has 1 aliphatic rings. The Morgan fingerprint density at radius 1 is 1.12 bits per heavy atom. The molecule has 1 amide bonds. The van der Waals surface area contributed by atoms with Crippen LogP contribution in [0.4, 0.5) is 0 Å². The average molecular weight is 373 g/mol. The first kappa shape index (κ1) is 18.1. The number of hydroxylamine groups is 1. The molecule has 7 nitrogen and oxygen atoms in total. The molecule has 3 rings (SSSR count). The lowest BCUT2D eigenvalue weighted by molar-refractivity contribution is -0.133. The van der Waals surface area contributed by atoms with Gasteiger partial charge in [0.15, 0.2) is 0 Å². The SMILES string of the molecule is CC1=NN(S(=O)(=O)c2ccc(-c3ccccc3)cc2)C(C(=O)NO)CC1. The summed E-state index contributed by atoms with van der Waals surface area (Å²) >= 11 is 0. The minimum atomic E-state index is -4.02. The van der Waals surface area contributed by atoms with Crippen LogP contribution in [0.15, 0.2) is 64.6 Å². The number of nitrogens with zero attached hydrogens (tertiary/aromatic N) is 2. The highest BCUT2D eigenvalue weighted by molar-refractivity contribution is 7.89. The van der Waals surface area contributed by atoms with Crippen LogP contribution in [0.2, 0.25) is 0 Å². The van der Waals surface area contributed by atoms with E-state index in [0.29, 0.717) is 12.1 Å². The topological polar surface area (TPSA) is 99.1 Å². The van der Waals surface area contributed by atoms with Gasteiger partial charge in [0.25, 0.3) is 15.9 Å². The van der Waals surface area contributed by atoms with Crippen molar-refractivity contribution in [3.8, 4) is 11.1 Å². The lowest BCUT2D eigenvalue weighted by atomic mass is 10.1. The first-order valence-electron chi connectivity index (χ1n) is 8.11. The highest BCUT2D eigenvalue weighted by Gasteiger charge is 2.37. The standard InChI is InChI=1S/C18H19N3O4S/c1-13-7-12-17(18(22)20-23)21(19-13)26(24,25)16-10-8-15(9-11-16)14-5-3-2-4-6-14/h2-6,8-11,17,23H,7,12H2,1H3,(H,20,22). The predicted molar refractivity (Wildman–Crippen MR) is 97.0 cm³/mol. The first-order chi connectivity index (χ1) is 12.4. The Hall–Kier alpha value is -2.71. The summed E-state index contributed by atoms with van der Waals surface area (Å²) in [6, 6.07) is 14.9. The van der Waals surface area contributed by atoms with Crippen LogP contribution in [-0.2, 0) is 14.8 Å². The Morgan fingerprint density at radius 2 is 1.73 bits per heavy atom. The van der Waals surface area contributed by atoms with E-state index in [1.165, 1.54) is 17.6 Å². The van der Waals surface area contributed by atoms with Gasteiger partial charge in [0.05, 0.1) is 4.90 Å². The summed E-state index contributed by atoms with van der Waals surface area (Å²) in [5.41, 5.74) is 3.98. The van der Waals surface area contributed by atoms with Crippen LogP contribution in [0, 0.1) is 0 Å². The van der Waals surface area contributed by atoms with Gasteiger partial charge in [0, 0.05) is 5.71 Å². The summed E-state index contributed by atoms with van der Waals surface area (Å²) in [4.78, 5) is 11.9. The largest absolute Gasteiger partial charge is 0.289 e. The van der Waals surface area contributed by atoms with Gasteiger partial charge in [-0.3, -0.25) is 10.0 Å². The second-order valence-electron chi connectivity index (χ2n) is 6.03. The zero-order valence-electron chi connectivity index (χ0n) is 14.2. The van der Waals surface area contributed by atoms with E-state index in [1.807, 2.05) is 30.3 Å². The van der Waals surface area contributed by atoms with Crippen LogP contribution < -0.4 is 5.48 Å². The Balaban J connectivity index is 1.96. The summed E-state index contributed by atoms with van der Waals surface area (Å²) in [5, 5.41) is 13.0. The minimum absolute atomic E-state index is 0.0337. The molecule has 0 radical (unpaired) electrons. The second-order valence-corrected chi connectivity index (χ2v) is 7.83. The average Bonchev–Trinajstić information content (AvgIpc) is 2.68. The van der Waals surface area contributed by atoms with Crippen LogP contribution in [0.5, 0.6) is 0 Å². The highest BCUT2D eigenvalue weighted by Crippen LogP contribution is 2.27. The van der Waals surface area contributed by atoms with Crippen molar-refractivity contribution in [2.45, 2.75) is 30.7 Å². The Bertz CT molecular complexity index is 925. The number of rotatable bonds is 4. The van der Waals surface area contributed by atoms with Crippen LogP contribution in [0.25, 0.3) is 11.1 Å². The van der Waals surface area contributed by atoms with Gasteiger partial charge < -0.3 is 0 Å². The number of hydrogen-bond acceptors (Lipinski definition) is 5. The monoisotopic (exact) mass is 373 g/mol. The molecule has 26 heavy (non-hydrogen) atoms. The lowest BCUT2D eigenvalue weighted by Crippen LogP contribution is -2.48. The van der Waals surface area contributed by atoms with Gasteiger partial charge in [0.1, 0.15) is 6.04 Å². The Labute approximate surface area is 152 Å². The van der Waals surface area contributed by atoms with Crippen molar-refractivity contribution in [1.29, 1.82) is 0 Å². The summed E-state index contributed by atoms with van der Waals surface area (Å²) < 4.78 is 26.7. The first-order valence-corrected chi connectivity index (χ1v) is 9.55. The van der Waals surface area contributed by atoms with Crippen LogP contribution in [0.1, 0.15) is 19.8 Å². The van der Waals surface area contributed by atoms with Crippen molar-refractivity contribution in [2.24, 2.45) is 5.10 Å². The zero-order chi connectivity index (χ0) is 18.7. The van der Waals surface area contributed by atoms with Gasteiger partial charge in [0.2, 0.25) is 0 Å². The fourth-order valence-electron chi connectivity index (χ4n) is 2.83. The fraction of sp³-hybridized carbons (Fsp3) is 0.222. The van der Waals surface area contributed by atoms with Crippen molar-refractivity contribution in [3.63, 3.8) is 0 Å². The highest BCUT2D eigenvalue weighted by atomic mass is 32.2. The smallest absolute Gasteiger partial charge is 0.279 e. The van der Waals surface area contributed by atoms with Gasteiger partial charge >= 0.3 is 0 Å². The van der Waals surface area contributed by atoms with E-state index in [4.69, 9.17) is 5.21 Å². The number of nitrogens with one attached hydrogen (secondary N) is 1. The molecule has 0 bridgehead atoms. The number of amides is 1. The molecule has 0 saturated heterocycles. The van der Waals surface area contributed by atoms with Crippen molar-refractivity contribution < 1.29 is 18.4 Å². The van der Waals surface area contributed by atoms with Gasteiger partial charge in [-0.05, 0) is 43.0 Å². The van der Waals surface area contributed by atoms with E-state index in [-0.39, 0.29) is 11.3 Å². The predicted octanol–water partition coefficient (Wildman–Crippen LogP) is 2.39. The molecule has 0 aromatic heterocycles. The number of sulfonamides is 1. The summed E-state index contributed by atoms with van der Waals surface area (Å²) in [6.45, 7) is 1.70. The number of benzene rings is 2. The van der Waals surface area contributed by atoms with Crippen LogP contribution >= 0.6 is 0 Å². The van der Waals surface area contributed by atoms with E-state index in [9.17, 15) is 13.2 Å². The van der Waals surface area contributed by atoms with Gasteiger partial charge in [-0.2, -0.15) is 17.9 Å². The van der Waals surface area contributed by atoms with E-state index >= 15 is 0 Å². The molecule has 0 saturated carbocycles. The van der Waals surface area contributed by atoms with Gasteiger partial charge in [-0.15, -0.1) is 0 Å². The molecule has 0 fully saturated rings. The Morgan fingerprint density at radius 3 is 2.35 bits per heavy atom. The summed E-state index contributed by atoms with van der Waals surface area (Å²) in [7, 11) is -4.02. The molecule has 2 aromatic carbocycles. The third kappa shape index (κ3) is 3.47. The van der Waals surface area contributed by atoms with Crippen molar-refractivity contribution in [1.82, 2.24) is 9.89 Å². The van der Waals surface area contributed by atoms with Crippen molar-refractivity contribution in [3.05, 3.63) is 54.6 Å². The maximum absolute atomic E-state index is 13.0. The quantitative estimate of drug-likeness (QED) is 0.635. The Kier molecular flexibility index (Phi) is 5.06. The molecule has 0 spiro atoms. The van der Waals surface area contributed by atoms with Gasteiger partial charge in [-0.25, -0.2) is 5.48 Å². The normalized spacial score (nSPS) is 17.5. The summed E-state index contributed by atoms with van der Waals surface area (Å²) in [5.74, 6) is -0.800. The molecule has 8 heteroatoms. The molecule has 0 aliphatic carbocycles. The molecule has 1 heterocycles. The lowest BCUT2D eigenvalue weighted by Gasteiger charge is -2.30. The van der Waals surface area contributed by atoms with E-state index in [2.05, 4.69) is 5.10 Å². The molecule has 1 aliphatic heterocycles. The number of carbonyl (C=O) groups is 1. The maximum Gasteiger partial charge on any atom is 0.279 e. The zero-order valence-corrected chi connectivity index (χ0v) is 15.0. The van der Waals surface area contributed by atoms with Crippen LogP contribution in [0.3, 0.4) is 0 Å². The second kappa shape index (κ2) is 7.27. The van der Waals surface area contributed by atoms with Crippen molar-refractivity contribution >= 4 is 21.6 Å². The molecular weight excluding hydrogens is 354 g/mol. The summed E-state index contributed by atoms with van der Waals surface area (Å²) in [6.07, 6.45) is 0.736. The molecule has 2 aromatic rings. The minimum Gasteiger partial charge on any atom is -0.289 e. The molecule has 136 valence electrons. The van der Waals surface area contributed by atoms with Crippen molar-refractivity contribution in [2.75, 3.05) is 0 Å². The van der Waals surface area contributed by atoms with E-state index < -0.39 is 22.0 Å². The number of carbonyl (C=O) groups excluding carboxylic acids is 1. The third-order valence-electron chi connectivity index (χ3n) is 4.23.